The predicted octanol–water partition coefficient (Wildman–Crippen LogP) is 3.55. The Morgan fingerprint density at radius 1 is 1.24 bits per heavy atom. The monoisotopic (exact) mass is 393 g/mol. The molecule has 1 N–H and O–H groups in total. The molecule has 0 saturated heterocycles. The Kier molecular flexibility index (Phi) is 5.63. The topological polar surface area (TPSA) is 93.3 Å². The third kappa shape index (κ3) is 4.26. The SMILES string of the molecule is Cc1cc(N(C)C)ccc1CNc1ccc(C(=O)c2nccn2C)cc1[N+](=O)[O-]. The van der Waals surface area contributed by atoms with Crippen LogP contribution < -0.4 is 10.2 Å². The van der Waals surface area contributed by atoms with E-state index in [1.54, 1.807) is 29.9 Å². The molecule has 150 valence electrons. The van der Waals surface area contributed by atoms with Crippen LogP contribution in [0.2, 0.25) is 0 Å². The predicted molar refractivity (Wildman–Crippen MR) is 113 cm³/mol. The number of hydrogen-bond acceptors (Lipinski definition) is 6. The van der Waals surface area contributed by atoms with Crippen LogP contribution in [0.5, 0.6) is 0 Å². The van der Waals surface area contributed by atoms with E-state index >= 15 is 0 Å². The summed E-state index contributed by atoms with van der Waals surface area (Å²) in [5.74, 6) is -0.126. The number of aryl methyl sites for hydroxylation is 2. The first-order chi connectivity index (χ1) is 13.8. The van der Waals surface area contributed by atoms with Gasteiger partial charge in [-0.05, 0) is 42.3 Å². The summed E-state index contributed by atoms with van der Waals surface area (Å²) in [7, 11) is 5.65. The maximum absolute atomic E-state index is 12.6. The minimum atomic E-state index is -0.487. The maximum Gasteiger partial charge on any atom is 0.293 e. The van der Waals surface area contributed by atoms with Crippen LogP contribution in [0.1, 0.15) is 27.3 Å². The van der Waals surface area contributed by atoms with E-state index in [9.17, 15) is 14.9 Å². The van der Waals surface area contributed by atoms with E-state index in [1.807, 2.05) is 38.1 Å². The Labute approximate surface area is 168 Å². The molecule has 0 amide bonds. The van der Waals surface area contributed by atoms with Gasteiger partial charge in [0, 0.05) is 57.4 Å². The van der Waals surface area contributed by atoms with Crippen LogP contribution in [0.3, 0.4) is 0 Å². The highest BCUT2D eigenvalue weighted by Gasteiger charge is 2.20. The fraction of sp³-hybridized carbons (Fsp3) is 0.238. The molecule has 29 heavy (non-hydrogen) atoms. The van der Waals surface area contributed by atoms with Gasteiger partial charge in [-0.2, -0.15) is 0 Å². The van der Waals surface area contributed by atoms with E-state index < -0.39 is 4.92 Å². The Morgan fingerprint density at radius 2 is 2.00 bits per heavy atom. The molecule has 8 nitrogen and oxygen atoms in total. The summed E-state index contributed by atoms with van der Waals surface area (Å²) in [6, 6.07) is 10.5. The number of rotatable bonds is 7. The first kappa shape index (κ1) is 20.1. The van der Waals surface area contributed by atoms with Gasteiger partial charge in [0.05, 0.1) is 4.92 Å². The van der Waals surface area contributed by atoms with Crippen LogP contribution in [0.15, 0.2) is 48.8 Å². The summed E-state index contributed by atoms with van der Waals surface area (Å²) < 4.78 is 1.58. The minimum Gasteiger partial charge on any atom is -0.378 e. The highest BCUT2D eigenvalue weighted by molar-refractivity contribution is 6.07. The number of nitro groups is 1. The Bertz CT molecular complexity index is 1070. The molecule has 0 aliphatic heterocycles. The van der Waals surface area contributed by atoms with Gasteiger partial charge in [0.25, 0.3) is 5.69 Å². The van der Waals surface area contributed by atoms with Gasteiger partial charge in [0.15, 0.2) is 5.82 Å². The van der Waals surface area contributed by atoms with Gasteiger partial charge >= 0.3 is 0 Å². The molecule has 1 aromatic heterocycles. The number of carbonyl (C=O) groups is 1. The summed E-state index contributed by atoms with van der Waals surface area (Å²) in [6.07, 6.45) is 3.17. The number of benzene rings is 2. The van der Waals surface area contributed by atoms with Crippen molar-refractivity contribution in [3.63, 3.8) is 0 Å². The molecule has 0 unspecified atom stereocenters. The number of aromatic nitrogens is 2. The third-order valence-electron chi connectivity index (χ3n) is 4.79. The van der Waals surface area contributed by atoms with Gasteiger partial charge in [0.1, 0.15) is 5.69 Å². The number of carbonyl (C=O) groups excluding carboxylic acids is 1. The quantitative estimate of drug-likeness (QED) is 0.375. The molecule has 0 bridgehead atoms. The zero-order valence-electron chi connectivity index (χ0n) is 16.8. The van der Waals surface area contributed by atoms with E-state index in [0.717, 1.165) is 16.8 Å². The van der Waals surface area contributed by atoms with Gasteiger partial charge in [-0.15, -0.1) is 0 Å². The van der Waals surface area contributed by atoms with Crippen LogP contribution in [0, 0.1) is 17.0 Å². The summed E-state index contributed by atoms with van der Waals surface area (Å²) in [5.41, 5.74) is 3.67. The molecule has 0 fully saturated rings. The van der Waals surface area contributed by atoms with Crippen molar-refractivity contribution < 1.29 is 9.72 Å². The first-order valence-corrected chi connectivity index (χ1v) is 9.09. The number of nitrogens with zero attached hydrogens (tertiary/aromatic N) is 4. The summed E-state index contributed by atoms with van der Waals surface area (Å²) in [4.78, 5) is 29.7. The average Bonchev–Trinajstić information content (AvgIpc) is 3.12. The van der Waals surface area contributed by atoms with Crippen molar-refractivity contribution in [1.82, 2.24) is 9.55 Å². The lowest BCUT2D eigenvalue weighted by atomic mass is 10.1. The summed E-state index contributed by atoms with van der Waals surface area (Å²) in [5, 5.41) is 14.7. The average molecular weight is 393 g/mol. The second kappa shape index (κ2) is 8.14. The van der Waals surface area contributed by atoms with Crippen LogP contribution in [-0.4, -0.2) is 34.4 Å². The van der Waals surface area contributed by atoms with Crippen LogP contribution in [-0.2, 0) is 13.6 Å². The van der Waals surface area contributed by atoms with Gasteiger partial charge in [0.2, 0.25) is 5.78 Å². The van der Waals surface area contributed by atoms with E-state index in [-0.39, 0.29) is 22.9 Å². The van der Waals surface area contributed by atoms with Gasteiger partial charge in [-0.3, -0.25) is 14.9 Å². The highest BCUT2D eigenvalue weighted by atomic mass is 16.6. The molecule has 0 saturated carbocycles. The number of imidazole rings is 1. The fourth-order valence-electron chi connectivity index (χ4n) is 3.03. The van der Waals surface area contributed by atoms with Crippen molar-refractivity contribution >= 4 is 22.8 Å². The molecule has 3 rings (SSSR count). The van der Waals surface area contributed by atoms with Crippen molar-refractivity contribution in [2.75, 3.05) is 24.3 Å². The molecule has 3 aromatic rings. The molecule has 0 atom stereocenters. The Hall–Kier alpha value is -3.68. The smallest absolute Gasteiger partial charge is 0.293 e. The van der Waals surface area contributed by atoms with Crippen molar-refractivity contribution in [2.45, 2.75) is 13.5 Å². The van der Waals surface area contributed by atoms with E-state index in [1.165, 1.54) is 12.3 Å². The molecular weight excluding hydrogens is 370 g/mol. The molecule has 1 heterocycles. The van der Waals surface area contributed by atoms with Crippen molar-refractivity contribution in [3.05, 3.63) is 81.4 Å². The number of anilines is 2. The van der Waals surface area contributed by atoms with Crippen LogP contribution in [0.25, 0.3) is 0 Å². The second-order valence-corrected chi connectivity index (χ2v) is 7.04. The molecule has 8 heteroatoms. The molecule has 0 spiro atoms. The number of ketones is 1. The Morgan fingerprint density at radius 3 is 2.59 bits per heavy atom. The van der Waals surface area contributed by atoms with Gasteiger partial charge in [-0.1, -0.05) is 6.07 Å². The highest BCUT2D eigenvalue weighted by Crippen LogP contribution is 2.28. The lowest BCUT2D eigenvalue weighted by molar-refractivity contribution is -0.384. The number of nitrogens with one attached hydrogen (secondary N) is 1. The van der Waals surface area contributed by atoms with Crippen LogP contribution >= 0.6 is 0 Å². The molecule has 0 radical (unpaired) electrons. The second-order valence-electron chi connectivity index (χ2n) is 7.04. The first-order valence-electron chi connectivity index (χ1n) is 9.09. The fourth-order valence-corrected chi connectivity index (χ4v) is 3.03. The van der Waals surface area contributed by atoms with Crippen LogP contribution in [0.4, 0.5) is 17.1 Å². The molecule has 0 aliphatic carbocycles. The summed E-state index contributed by atoms with van der Waals surface area (Å²) in [6.45, 7) is 2.44. The number of hydrogen-bond donors (Lipinski definition) is 1. The van der Waals surface area contributed by atoms with E-state index in [2.05, 4.69) is 16.4 Å². The maximum atomic E-state index is 12.6. The van der Waals surface area contributed by atoms with Gasteiger partial charge < -0.3 is 14.8 Å². The largest absolute Gasteiger partial charge is 0.378 e. The van der Waals surface area contributed by atoms with Crippen molar-refractivity contribution in [2.24, 2.45) is 7.05 Å². The van der Waals surface area contributed by atoms with Gasteiger partial charge in [-0.25, -0.2) is 4.98 Å². The normalized spacial score (nSPS) is 10.6. The zero-order valence-corrected chi connectivity index (χ0v) is 16.8. The van der Waals surface area contributed by atoms with E-state index in [4.69, 9.17) is 0 Å². The zero-order chi connectivity index (χ0) is 21.1. The lowest BCUT2D eigenvalue weighted by Gasteiger charge is -2.16. The Balaban J connectivity index is 1.84. The molecule has 0 aliphatic rings. The lowest BCUT2D eigenvalue weighted by Crippen LogP contribution is -2.11. The van der Waals surface area contributed by atoms with E-state index in [0.29, 0.717) is 12.2 Å². The number of nitro benzene ring substituents is 1. The molecular formula is C21H23N5O3. The van der Waals surface area contributed by atoms with Crippen molar-refractivity contribution in [3.8, 4) is 0 Å². The molecule has 2 aromatic carbocycles. The third-order valence-corrected chi connectivity index (χ3v) is 4.79. The minimum absolute atomic E-state index is 0.146. The summed E-state index contributed by atoms with van der Waals surface area (Å²) >= 11 is 0. The standard InChI is InChI=1S/C21H23N5O3/c1-14-11-17(24(2)3)7-5-16(14)13-23-18-8-6-15(12-19(18)26(28)29)20(27)21-22-9-10-25(21)4/h5-12,23H,13H2,1-4H3. The van der Waals surface area contributed by atoms with Crippen molar-refractivity contribution in [1.29, 1.82) is 0 Å².